The summed E-state index contributed by atoms with van der Waals surface area (Å²) in [6.07, 6.45) is 3.84. The summed E-state index contributed by atoms with van der Waals surface area (Å²) >= 11 is 1.62. The minimum absolute atomic E-state index is 0.203. The molecule has 0 spiro atoms. The lowest BCUT2D eigenvalue weighted by molar-refractivity contribution is 0.171. The van der Waals surface area contributed by atoms with Gasteiger partial charge in [-0.3, -0.25) is 0 Å². The Morgan fingerprint density at radius 3 is 2.92 bits per heavy atom. The van der Waals surface area contributed by atoms with E-state index in [2.05, 4.69) is 14.6 Å². The van der Waals surface area contributed by atoms with Crippen LogP contribution in [0, 0.1) is 5.92 Å². The first-order valence-electron chi connectivity index (χ1n) is 8.65. The summed E-state index contributed by atoms with van der Waals surface area (Å²) in [6.45, 7) is 3.11. The van der Waals surface area contributed by atoms with E-state index in [1.807, 2.05) is 5.38 Å². The molecule has 7 nitrogen and oxygen atoms in total. The number of piperidine rings is 1. The van der Waals surface area contributed by atoms with Crippen molar-refractivity contribution in [3.8, 4) is 11.5 Å². The zero-order valence-corrected chi connectivity index (χ0v) is 15.9. The Morgan fingerprint density at radius 1 is 1.27 bits per heavy atom. The van der Waals surface area contributed by atoms with Gasteiger partial charge in [-0.05, 0) is 30.9 Å². The molecule has 2 aliphatic rings. The third-order valence-corrected chi connectivity index (χ3v) is 6.85. The van der Waals surface area contributed by atoms with Crippen molar-refractivity contribution < 1.29 is 17.9 Å². The van der Waals surface area contributed by atoms with Crippen molar-refractivity contribution in [2.45, 2.75) is 17.7 Å². The SMILES string of the molecule is O=S(=O)(NCC1CCCN(c2nccs2)C1)c1ccc2c(c1)OCCO2. The average molecular weight is 396 g/mol. The van der Waals surface area contributed by atoms with Crippen LogP contribution in [-0.4, -0.2) is 46.2 Å². The number of hydrogen-bond donors (Lipinski definition) is 1. The van der Waals surface area contributed by atoms with Crippen LogP contribution in [0.1, 0.15) is 12.8 Å². The van der Waals surface area contributed by atoms with Gasteiger partial charge < -0.3 is 14.4 Å². The molecule has 1 N–H and O–H groups in total. The van der Waals surface area contributed by atoms with E-state index in [9.17, 15) is 8.42 Å². The molecule has 0 radical (unpaired) electrons. The van der Waals surface area contributed by atoms with Crippen LogP contribution in [0.15, 0.2) is 34.7 Å². The maximum atomic E-state index is 12.6. The minimum atomic E-state index is -3.58. The van der Waals surface area contributed by atoms with Gasteiger partial charge in [0.2, 0.25) is 10.0 Å². The molecule has 2 aromatic rings. The van der Waals surface area contributed by atoms with Crippen molar-refractivity contribution in [1.29, 1.82) is 0 Å². The molecule has 1 aromatic heterocycles. The molecule has 0 saturated carbocycles. The van der Waals surface area contributed by atoms with Crippen LogP contribution < -0.4 is 19.1 Å². The molecule has 1 atom stereocenters. The monoisotopic (exact) mass is 395 g/mol. The number of nitrogens with one attached hydrogen (secondary N) is 1. The van der Waals surface area contributed by atoms with E-state index in [4.69, 9.17) is 9.47 Å². The lowest BCUT2D eigenvalue weighted by Gasteiger charge is -2.32. The Kier molecular flexibility index (Phi) is 5.01. The van der Waals surface area contributed by atoms with Crippen LogP contribution in [0.5, 0.6) is 11.5 Å². The predicted molar refractivity (Wildman–Crippen MR) is 99.7 cm³/mol. The number of ether oxygens (including phenoxy) is 2. The molecule has 9 heteroatoms. The molecule has 1 unspecified atom stereocenters. The molecule has 2 aliphatic heterocycles. The zero-order valence-electron chi connectivity index (χ0n) is 14.3. The highest BCUT2D eigenvalue weighted by molar-refractivity contribution is 7.89. The molecule has 0 bridgehead atoms. The van der Waals surface area contributed by atoms with Gasteiger partial charge in [-0.2, -0.15) is 0 Å². The molecule has 140 valence electrons. The van der Waals surface area contributed by atoms with Crippen LogP contribution in [-0.2, 0) is 10.0 Å². The Balaban J connectivity index is 1.40. The van der Waals surface area contributed by atoms with E-state index < -0.39 is 10.0 Å². The van der Waals surface area contributed by atoms with E-state index in [1.54, 1.807) is 29.7 Å². The maximum absolute atomic E-state index is 12.6. The Morgan fingerprint density at radius 2 is 2.12 bits per heavy atom. The highest BCUT2D eigenvalue weighted by Gasteiger charge is 2.24. The topological polar surface area (TPSA) is 80.8 Å². The standard InChI is InChI=1S/C17H21N3O4S2/c21-26(22,14-3-4-15-16(10-14)24-8-7-23-15)19-11-13-2-1-6-20(12-13)17-18-5-9-25-17/h3-5,9-10,13,19H,1-2,6-8,11-12H2. The second-order valence-corrected chi connectivity index (χ2v) is 9.07. The van der Waals surface area contributed by atoms with Crippen molar-refractivity contribution in [3.63, 3.8) is 0 Å². The molecular weight excluding hydrogens is 374 g/mol. The first kappa shape index (κ1) is 17.6. The van der Waals surface area contributed by atoms with E-state index in [0.29, 0.717) is 31.3 Å². The van der Waals surface area contributed by atoms with Crippen molar-refractivity contribution >= 4 is 26.5 Å². The number of nitrogens with zero attached hydrogens (tertiary/aromatic N) is 2. The van der Waals surface area contributed by atoms with Crippen LogP contribution in [0.25, 0.3) is 0 Å². The smallest absolute Gasteiger partial charge is 0.240 e. The van der Waals surface area contributed by atoms with Gasteiger partial charge in [-0.25, -0.2) is 18.1 Å². The highest BCUT2D eigenvalue weighted by atomic mass is 32.2. The Bertz CT molecular complexity index is 855. The summed E-state index contributed by atoms with van der Waals surface area (Å²) in [6, 6.07) is 4.73. The molecule has 3 heterocycles. The van der Waals surface area contributed by atoms with E-state index >= 15 is 0 Å². The van der Waals surface area contributed by atoms with Crippen LogP contribution in [0.4, 0.5) is 5.13 Å². The lowest BCUT2D eigenvalue weighted by Crippen LogP contribution is -2.41. The summed E-state index contributed by atoms with van der Waals surface area (Å²) in [5, 5.41) is 2.97. The molecular formula is C17H21N3O4S2. The molecule has 1 saturated heterocycles. The normalized spacial score (nSPS) is 20.2. The summed E-state index contributed by atoms with van der Waals surface area (Å²) in [5.41, 5.74) is 0. The number of aromatic nitrogens is 1. The number of anilines is 1. The molecule has 1 aromatic carbocycles. The Labute approximate surface area is 157 Å². The number of rotatable bonds is 5. The third-order valence-electron chi connectivity index (χ3n) is 4.59. The summed E-state index contributed by atoms with van der Waals surface area (Å²) in [4.78, 5) is 6.79. The van der Waals surface area contributed by atoms with E-state index in [0.717, 1.165) is 31.1 Å². The molecule has 26 heavy (non-hydrogen) atoms. The van der Waals surface area contributed by atoms with Gasteiger partial charge in [-0.1, -0.05) is 0 Å². The molecule has 1 fully saturated rings. The van der Waals surface area contributed by atoms with Gasteiger partial charge in [0.25, 0.3) is 0 Å². The van der Waals surface area contributed by atoms with Crippen molar-refractivity contribution in [2.75, 3.05) is 37.7 Å². The van der Waals surface area contributed by atoms with Gasteiger partial charge in [-0.15, -0.1) is 11.3 Å². The molecule has 0 aliphatic carbocycles. The third kappa shape index (κ3) is 3.79. The minimum Gasteiger partial charge on any atom is -0.486 e. The van der Waals surface area contributed by atoms with Gasteiger partial charge in [0, 0.05) is 37.3 Å². The highest BCUT2D eigenvalue weighted by Crippen LogP contribution is 2.32. The van der Waals surface area contributed by atoms with Crippen LogP contribution >= 0.6 is 11.3 Å². The number of hydrogen-bond acceptors (Lipinski definition) is 7. The van der Waals surface area contributed by atoms with Crippen molar-refractivity contribution in [3.05, 3.63) is 29.8 Å². The van der Waals surface area contributed by atoms with Gasteiger partial charge in [0.1, 0.15) is 13.2 Å². The van der Waals surface area contributed by atoms with Crippen molar-refractivity contribution in [1.82, 2.24) is 9.71 Å². The van der Waals surface area contributed by atoms with Crippen molar-refractivity contribution in [2.24, 2.45) is 5.92 Å². The van der Waals surface area contributed by atoms with E-state index in [1.165, 1.54) is 6.07 Å². The molecule has 0 amide bonds. The summed E-state index contributed by atoms with van der Waals surface area (Å²) in [7, 11) is -3.58. The maximum Gasteiger partial charge on any atom is 0.240 e. The molecule has 4 rings (SSSR count). The van der Waals surface area contributed by atoms with Gasteiger partial charge in [0.15, 0.2) is 16.6 Å². The fourth-order valence-corrected chi connectivity index (χ4v) is 5.09. The fraction of sp³-hybridized carbons (Fsp3) is 0.471. The largest absolute Gasteiger partial charge is 0.486 e. The van der Waals surface area contributed by atoms with E-state index in [-0.39, 0.29) is 10.8 Å². The second kappa shape index (κ2) is 7.42. The van der Waals surface area contributed by atoms with Crippen LogP contribution in [0.2, 0.25) is 0 Å². The summed E-state index contributed by atoms with van der Waals surface area (Å²) < 4.78 is 39.0. The van der Waals surface area contributed by atoms with Gasteiger partial charge in [0.05, 0.1) is 4.90 Å². The lowest BCUT2D eigenvalue weighted by atomic mass is 9.99. The second-order valence-electron chi connectivity index (χ2n) is 6.43. The first-order chi connectivity index (χ1) is 12.6. The predicted octanol–water partition coefficient (Wildman–Crippen LogP) is 2.11. The quantitative estimate of drug-likeness (QED) is 0.835. The Hall–Kier alpha value is -1.84. The van der Waals surface area contributed by atoms with Gasteiger partial charge >= 0.3 is 0 Å². The fourth-order valence-electron chi connectivity index (χ4n) is 3.28. The number of fused-ring (bicyclic) bond motifs is 1. The average Bonchev–Trinajstić information content (AvgIpc) is 3.21. The van der Waals surface area contributed by atoms with Crippen LogP contribution in [0.3, 0.4) is 0 Å². The zero-order chi connectivity index (χ0) is 18.0. The number of sulfonamides is 1. The summed E-state index contributed by atoms with van der Waals surface area (Å²) in [5.74, 6) is 1.33. The first-order valence-corrected chi connectivity index (χ1v) is 11.0. The number of benzene rings is 1. The number of thiazole rings is 1.